The van der Waals surface area contributed by atoms with E-state index in [1.807, 2.05) is 0 Å². The number of allylic oxidation sites excluding steroid dienone is 1. The Morgan fingerprint density at radius 2 is 2.38 bits per heavy atom. The molecule has 1 aliphatic heterocycles. The fraction of sp³-hybridized carbons (Fsp3) is 0.400. The highest BCUT2D eigenvalue weighted by atomic mass is 19.3. The van der Waals surface area contributed by atoms with Gasteiger partial charge in [0.2, 0.25) is 0 Å². The first-order valence-electron chi connectivity index (χ1n) is 2.29. The second-order valence-electron chi connectivity index (χ2n) is 1.50. The van der Waals surface area contributed by atoms with Gasteiger partial charge in [-0.3, -0.25) is 4.99 Å². The molecule has 0 aromatic rings. The van der Waals surface area contributed by atoms with E-state index in [0.29, 0.717) is 6.54 Å². The fourth-order valence-corrected chi connectivity index (χ4v) is 0.514. The highest BCUT2D eigenvalue weighted by Gasteiger charge is 2.09. The average molecular weight is 117 g/mol. The molecule has 3 heteroatoms. The van der Waals surface area contributed by atoms with Gasteiger partial charge in [-0.2, -0.15) is 0 Å². The van der Waals surface area contributed by atoms with Crippen molar-refractivity contribution in [1.82, 2.24) is 0 Å². The van der Waals surface area contributed by atoms with E-state index in [0.717, 1.165) is 0 Å². The van der Waals surface area contributed by atoms with Gasteiger partial charge in [0.25, 0.3) is 6.43 Å². The van der Waals surface area contributed by atoms with Crippen molar-refractivity contribution < 1.29 is 8.78 Å². The molecule has 0 unspecified atom stereocenters. The molecule has 0 N–H and O–H groups in total. The Labute approximate surface area is 45.7 Å². The highest BCUT2D eigenvalue weighted by Crippen LogP contribution is 2.08. The molecule has 0 aromatic heterocycles. The summed E-state index contributed by atoms with van der Waals surface area (Å²) in [7, 11) is 0. The minimum atomic E-state index is -2.35. The summed E-state index contributed by atoms with van der Waals surface area (Å²) in [6.45, 7) is 0.416. The van der Waals surface area contributed by atoms with Gasteiger partial charge in [-0.25, -0.2) is 8.78 Å². The van der Waals surface area contributed by atoms with Crippen molar-refractivity contribution in [1.29, 1.82) is 0 Å². The maximum Gasteiger partial charge on any atom is 0.265 e. The smallest absolute Gasteiger partial charge is 0.265 e. The van der Waals surface area contributed by atoms with Crippen LogP contribution in [0.5, 0.6) is 0 Å². The minimum Gasteiger partial charge on any atom is -0.289 e. The SMILES string of the molecule is FC(F)C1=CCN=C1. The number of aliphatic imine (C=N–C) groups is 1. The molecule has 0 aromatic carbocycles. The molecular weight excluding hydrogens is 112 g/mol. The molecule has 1 heterocycles. The van der Waals surface area contributed by atoms with E-state index in [-0.39, 0.29) is 5.57 Å². The number of hydrogen-bond acceptors (Lipinski definition) is 1. The zero-order valence-corrected chi connectivity index (χ0v) is 4.14. The first-order valence-corrected chi connectivity index (χ1v) is 2.29. The molecule has 1 nitrogen and oxygen atoms in total. The molecule has 0 aliphatic carbocycles. The lowest BCUT2D eigenvalue weighted by Gasteiger charge is -1.90. The Morgan fingerprint density at radius 1 is 1.62 bits per heavy atom. The third-order valence-corrected chi connectivity index (χ3v) is 0.925. The molecule has 44 valence electrons. The lowest BCUT2D eigenvalue weighted by molar-refractivity contribution is 0.197. The summed E-state index contributed by atoms with van der Waals surface area (Å²) in [5, 5.41) is 0. The predicted molar refractivity (Wildman–Crippen MR) is 27.4 cm³/mol. The van der Waals surface area contributed by atoms with E-state index in [9.17, 15) is 8.78 Å². The molecule has 0 saturated heterocycles. The van der Waals surface area contributed by atoms with Crippen molar-refractivity contribution in [3.63, 3.8) is 0 Å². The first kappa shape index (κ1) is 5.41. The van der Waals surface area contributed by atoms with E-state index in [1.54, 1.807) is 0 Å². The van der Waals surface area contributed by atoms with Gasteiger partial charge in [-0.1, -0.05) is 6.08 Å². The van der Waals surface area contributed by atoms with Gasteiger partial charge in [0.05, 0.1) is 6.54 Å². The number of hydrogen-bond donors (Lipinski definition) is 0. The van der Waals surface area contributed by atoms with Crippen LogP contribution in [-0.2, 0) is 0 Å². The lowest BCUT2D eigenvalue weighted by Crippen LogP contribution is -1.94. The zero-order chi connectivity index (χ0) is 5.98. The largest absolute Gasteiger partial charge is 0.289 e. The van der Waals surface area contributed by atoms with Crippen molar-refractivity contribution in [3.8, 4) is 0 Å². The van der Waals surface area contributed by atoms with Crippen LogP contribution in [-0.4, -0.2) is 19.2 Å². The average Bonchev–Trinajstić information content (AvgIpc) is 2.12. The molecular formula is C5H5F2N. The van der Waals surface area contributed by atoms with Crippen molar-refractivity contribution in [3.05, 3.63) is 11.6 Å². The topological polar surface area (TPSA) is 12.4 Å². The van der Waals surface area contributed by atoms with Crippen LogP contribution in [0.4, 0.5) is 8.78 Å². The Bertz CT molecular complexity index is 137. The van der Waals surface area contributed by atoms with E-state index in [4.69, 9.17) is 0 Å². The summed E-state index contributed by atoms with van der Waals surface area (Å²) in [6.07, 6.45) is 0.288. The molecule has 1 rings (SSSR count). The summed E-state index contributed by atoms with van der Waals surface area (Å²) < 4.78 is 23.2. The second kappa shape index (κ2) is 2.03. The quantitative estimate of drug-likeness (QED) is 0.490. The van der Waals surface area contributed by atoms with Gasteiger partial charge in [-0.05, 0) is 0 Å². The molecule has 0 saturated carbocycles. The number of rotatable bonds is 1. The predicted octanol–water partition coefficient (Wildman–Crippen LogP) is 1.26. The zero-order valence-electron chi connectivity index (χ0n) is 4.14. The second-order valence-corrected chi connectivity index (χ2v) is 1.50. The van der Waals surface area contributed by atoms with Crippen LogP contribution in [0.1, 0.15) is 0 Å². The summed E-state index contributed by atoms with van der Waals surface area (Å²) in [5.41, 5.74) is 0.0463. The highest BCUT2D eigenvalue weighted by molar-refractivity contribution is 5.81. The fourth-order valence-electron chi connectivity index (χ4n) is 0.514. The Kier molecular flexibility index (Phi) is 1.37. The van der Waals surface area contributed by atoms with Crippen molar-refractivity contribution >= 4 is 6.21 Å². The van der Waals surface area contributed by atoms with Gasteiger partial charge in [-0.15, -0.1) is 0 Å². The standard InChI is InChI=1S/C5H5F2N/c6-5(7)4-1-2-8-3-4/h1,3,5H,2H2. The van der Waals surface area contributed by atoms with Crippen molar-refractivity contribution in [2.75, 3.05) is 6.54 Å². The first-order chi connectivity index (χ1) is 3.80. The van der Waals surface area contributed by atoms with E-state index in [1.165, 1.54) is 12.3 Å². The Morgan fingerprint density at radius 3 is 2.62 bits per heavy atom. The monoisotopic (exact) mass is 117 g/mol. The summed E-state index contributed by atoms with van der Waals surface area (Å²) >= 11 is 0. The van der Waals surface area contributed by atoms with Gasteiger partial charge in [0, 0.05) is 11.8 Å². The summed E-state index contributed by atoms with van der Waals surface area (Å²) in [6, 6.07) is 0. The molecule has 0 radical (unpaired) electrons. The van der Waals surface area contributed by atoms with Crippen molar-refractivity contribution in [2.24, 2.45) is 4.99 Å². The van der Waals surface area contributed by atoms with Gasteiger partial charge in [0.1, 0.15) is 0 Å². The minimum absolute atomic E-state index is 0.0463. The number of alkyl halides is 2. The summed E-state index contributed by atoms with van der Waals surface area (Å²) in [4.78, 5) is 3.59. The van der Waals surface area contributed by atoms with Crippen molar-refractivity contribution in [2.45, 2.75) is 6.43 Å². The normalized spacial score (nSPS) is 17.6. The maximum absolute atomic E-state index is 11.6. The third kappa shape index (κ3) is 0.911. The molecule has 1 aliphatic rings. The molecule has 0 spiro atoms. The van der Waals surface area contributed by atoms with E-state index < -0.39 is 6.43 Å². The van der Waals surface area contributed by atoms with Crippen LogP contribution in [0.25, 0.3) is 0 Å². The van der Waals surface area contributed by atoms with Gasteiger partial charge < -0.3 is 0 Å². The molecule has 0 fully saturated rings. The van der Waals surface area contributed by atoms with Gasteiger partial charge >= 0.3 is 0 Å². The Hall–Kier alpha value is -0.730. The molecule has 0 atom stereocenters. The molecule has 0 amide bonds. The van der Waals surface area contributed by atoms with E-state index in [2.05, 4.69) is 4.99 Å². The number of nitrogens with zero attached hydrogens (tertiary/aromatic N) is 1. The van der Waals surface area contributed by atoms with Crippen LogP contribution in [0.2, 0.25) is 0 Å². The van der Waals surface area contributed by atoms with Crippen LogP contribution >= 0.6 is 0 Å². The summed E-state index contributed by atoms with van der Waals surface area (Å²) in [5.74, 6) is 0. The molecule has 8 heavy (non-hydrogen) atoms. The Balaban J connectivity index is 2.58. The van der Waals surface area contributed by atoms with Gasteiger partial charge in [0.15, 0.2) is 0 Å². The van der Waals surface area contributed by atoms with Crippen LogP contribution in [0, 0.1) is 0 Å². The van der Waals surface area contributed by atoms with Crippen LogP contribution in [0.15, 0.2) is 16.6 Å². The van der Waals surface area contributed by atoms with E-state index >= 15 is 0 Å². The number of halogens is 2. The molecule has 0 bridgehead atoms. The maximum atomic E-state index is 11.6. The third-order valence-electron chi connectivity index (χ3n) is 0.925. The van der Waals surface area contributed by atoms with Crippen LogP contribution in [0.3, 0.4) is 0 Å². The van der Waals surface area contributed by atoms with Crippen LogP contribution < -0.4 is 0 Å². The lowest BCUT2D eigenvalue weighted by atomic mass is 10.3.